The van der Waals surface area contributed by atoms with E-state index in [2.05, 4.69) is 5.32 Å². The lowest BCUT2D eigenvalue weighted by atomic mass is 9.82. The van der Waals surface area contributed by atoms with E-state index in [4.69, 9.17) is 4.74 Å². The molecule has 0 bridgehead atoms. The number of aliphatic hydroxyl groups excluding tert-OH is 2. The van der Waals surface area contributed by atoms with Gasteiger partial charge in [-0.2, -0.15) is 0 Å². The van der Waals surface area contributed by atoms with E-state index in [-0.39, 0.29) is 18.6 Å². The van der Waals surface area contributed by atoms with Crippen LogP contribution in [0.15, 0.2) is 30.3 Å². The minimum Gasteiger partial charge on any atom is -0.445 e. The predicted molar refractivity (Wildman–Crippen MR) is 74.0 cm³/mol. The number of alkyl carbamates (subject to hydrolysis) is 1. The third-order valence-electron chi connectivity index (χ3n) is 3.76. The highest BCUT2D eigenvalue weighted by Gasteiger charge is 2.33. The zero-order chi connectivity index (χ0) is 14.5. The smallest absolute Gasteiger partial charge is 0.407 e. The first kappa shape index (κ1) is 14.8. The van der Waals surface area contributed by atoms with Gasteiger partial charge in [0.1, 0.15) is 6.61 Å². The van der Waals surface area contributed by atoms with Crippen LogP contribution in [0.1, 0.15) is 25.3 Å². The van der Waals surface area contributed by atoms with E-state index in [1.807, 2.05) is 37.3 Å². The zero-order valence-corrected chi connectivity index (χ0v) is 11.5. The molecule has 0 heterocycles. The van der Waals surface area contributed by atoms with Gasteiger partial charge in [-0.1, -0.05) is 37.3 Å². The van der Waals surface area contributed by atoms with Gasteiger partial charge in [0.25, 0.3) is 0 Å². The first-order valence-corrected chi connectivity index (χ1v) is 6.89. The number of carbonyl (C=O) groups excluding carboxylic acids is 1. The van der Waals surface area contributed by atoms with Crippen molar-refractivity contribution in [2.45, 2.75) is 44.6 Å². The standard InChI is InChI=1S/C15H21NO4/c1-10-7-13(17)14(18)8-12(10)16-15(19)20-9-11-5-3-2-4-6-11/h2-6,10,12-14,17-18H,7-9H2,1H3,(H,16,19)/t10-,12+,13-,14-/m0/s1. The Morgan fingerprint density at radius 1 is 1.25 bits per heavy atom. The van der Waals surface area contributed by atoms with Crippen molar-refractivity contribution in [1.82, 2.24) is 5.32 Å². The fraction of sp³-hybridized carbons (Fsp3) is 0.533. The highest BCUT2D eigenvalue weighted by Crippen LogP contribution is 2.24. The van der Waals surface area contributed by atoms with E-state index < -0.39 is 18.3 Å². The molecule has 0 unspecified atom stereocenters. The van der Waals surface area contributed by atoms with Crippen LogP contribution in [-0.2, 0) is 11.3 Å². The highest BCUT2D eigenvalue weighted by molar-refractivity contribution is 5.67. The van der Waals surface area contributed by atoms with E-state index in [1.165, 1.54) is 0 Å². The van der Waals surface area contributed by atoms with Crippen molar-refractivity contribution in [2.75, 3.05) is 0 Å². The molecule has 1 amide bonds. The van der Waals surface area contributed by atoms with E-state index in [1.54, 1.807) is 0 Å². The molecule has 0 spiro atoms. The summed E-state index contributed by atoms with van der Waals surface area (Å²) in [6, 6.07) is 9.28. The average molecular weight is 279 g/mol. The van der Waals surface area contributed by atoms with E-state index in [0.29, 0.717) is 12.8 Å². The third kappa shape index (κ3) is 3.95. The second-order valence-corrected chi connectivity index (χ2v) is 5.40. The van der Waals surface area contributed by atoms with Gasteiger partial charge in [-0.05, 0) is 24.3 Å². The number of carbonyl (C=O) groups is 1. The molecule has 5 heteroatoms. The number of benzene rings is 1. The summed E-state index contributed by atoms with van der Waals surface area (Å²) in [5.74, 6) is 0.109. The second-order valence-electron chi connectivity index (χ2n) is 5.40. The molecule has 5 nitrogen and oxygen atoms in total. The van der Waals surface area contributed by atoms with Crippen molar-refractivity contribution in [2.24, 2.45) is 5.92 Å². The van der Waals surface area contributed by atoms with Gasteiger partial charge in [-0.3, -0.25) is 0 Å². The van der Waals surface area contributed by atoms with Crippen LogP contribution in [0, 0.1) is 5.92 Å². The second kappa shape index (κ2) is 6.72. The molecule has 1 aliphatic rings. The lowest BCUT2D eigenvalue weighted by Gasteiger charge is -2.35. The molecule has 0 radical (unpaired) electrons. The van der Waals surface area contributed by atoms with E-state index >= 15 is 0 Å². The molecule has 1 saturated carbocycles. The third-order valence-corrected chi connectivity index (χ3v) is 3.76. The maximum absolute atomic E-state index is 11.7. The maximum Gasteiger partial charge on any atom is 0.407 e. The van der Waals surface area contributed by atoms with Crippen LogP contribution in [0.4, 0.5) is 4.79 Å². The first-order chi connectivity index (χ1) is 9.56. The molecular weight excluding hydrogens is 258 g/mol. The number of nitrogens with one attached hydrogen (secondary N) is 1. The van der Waals surface area contributed by atoms with Crippen molar-refractivity contribution in [3.8, 4) is 0 Å². The molecule has 20 heavy (non-hydrogen) atoms. The SMILES string of the molecule is C[C@H]1C[C@H](O)[C@@H](O)C[C@H]1NC(=O)OCc1ccccc1. The average Bonchev–Trinajstić information content (AvgIpc) is 2.44. The van der Waals surface area contributed by atoms with Crippen LogP contribution in [0.5, 0.6) is 0 Å². The van der Waals surface area contributed by atoms with E-state index in [0.717, 1.165) is 5.56 Å². The van der Waals surface area contributed by atoms with Gasteiger partial charge in [0.15, 0.2) is 0 Å². The minimum atomic E-state index is -0.786. The fourth-order valence-electron chi connectivity index (χ4n) is 2.47. The zero-order valence-electron chi connectivity index (χ0n) is 11.5. The van der Waals surface area contributed by atoms with Crippen LogP contribution in [0.2, 0.25) is 0 Å². The minimum absolute atomic E-state index is 0.109. The molecule has 1 fully saturated rings. The first-order valence-electron chi connectivity index (χ1n) is 6.89. The van der Waals surface area contributed by atoms with Crippen LogP contribution in [-0.4, -0.2) is 34.6 Å². The number of aliphatic hydroxyl groups is 2. The summed E-state index contributed by atoms with van der Waals surface area (Å²) >= 11 is 0. The molecule has 110 valence electrons. The van der Waals surface area contributed by atoms with Gasteiger partial charge in [-0.25, -0.2) is 4.79 Å². The van der Waals surface area contributed by atoms with Crippen LogP contribution in [0.25, 0.3) is 0 Å². The summed E-state index contributed by atoms with van der Waals surface area (Å²) in [5, 5.41) is 22.0. The number of hydrogen-bond acceptors (Lipinski definition) is 4. The Balaban J connectivity index is 1.79. The Kier molecular flexibility index (Phi) is 4.98. The lowest BCUT2D eigenvalue weighted by Crippen LogP contribution is -2.49. The largest absolute Gasteiger partial charge is 0.445 e. The van der Waals surface area contributed by atoms with Crippen molar-refractivity contribution < 1.29 is 19.7 Å². The molecule has 1 aromatic rings. The van der Waals surface area contributed by atoms with E-state index in [9.17, 15) is 15.0 Å². The van der Waals surface area contributed by atoms with Crippen molar-refractivity contribution in [3.05, 3.63) is 35.9 Å². The van der Waals surface area contributed by atoms with Gasteiger partial charge < -0.3 is 20.3 Å². The lowest BCUT2D eigenvalue weighted by molar-refractivity contribution is -0.0345. The maximum atomic E-state index is 11.7. The van der Waals surface area contributed by atoms with Crippen LogP contribution in [0.3, 0.4) is 0 Å². The molecule has 3 N–H and O–H groups in total. The molecular formula is C15H21NO4. The normalized spacial score (nSPS) is 29.8. The molecule has 2 rings (SSSR count). The Morgan fingerprint density at radius 3 is 2.60 bits per heavy atom. The van der Waals surface area contributed by atoms with Crippen LogP contribution >= 0.6 is 0 Å². The summed E-state index contributed by atoms with van der Waals surface area (Å²) < 4.78 is 5.15. The number of rotatable bonds is 3. The van der Waals surface area contributed by atoms with Gasteiger partial charge in [-0.15, -0.1) is 0 Å². The quantitative estimate of drug-likeness (QED) is 0.782. The highest BCUT2D eigenvalue weighted by atomic mass is 16.5. The van der Waals surface area contributed by atoms with Gasteiger partial charge in [0, 0.05) is 6.04 Å². The molecule has 0 aromatic heterocycles. The monoisotopic (exact) mass is 279 g/mol. The Labute approximate surface area is 118 Å². The number of ether oxygens (including phenoxy) is 1. The topological polar surface area (TPSA) is 78.8 Å². The van der Waals surface area contributed by atoms with Crippen molar-refractivity contribution >= 4 is 6.09 Å². The van der Waals surface area contributed by atoms with Crippen molar-refractivity contribution in [1.29, 1.82) is 0 Å². The summed E-state index contributed by atoms with van der Waals surface area (Å²) in [5.41, 5.74) is 0.926. The summed E-state index contributed by atoms with van der Waals surface area (Å²) in [7, 11) is 0. The molecule has 0 aliphatic heterocycles. The molecule has 1 aliphatic carbocycles. The Hall–Kier alpha value is -1.59. The van der Waals surface area contributed by atoms with Gasteiger partial charge in [0.2, 0.25) is 0 Å². The Bertz CT molecular complexity index is 437. The Morgan fingerprint density at radius 2 is 1.90 bits per heavy atom. The summed E-state index contributed by atoms with van der Waals surface area (Å²) in [6.07, 6.45) is -1.16. The molecule has 4 atom stereocenters. The predicted octanol–water partition coefficient (Wildman–Crippen LogP) is 1.43. The molecule has 1 aromatic carbocycles. The van der Waals surface area contributed by atoms with Gasteiger partial charge >= 0.3 is 6.09 Å². The van der Waals surface area contributed by atoms with Gasteiger partial charge in [0.05, 0.1) is 12.2 Å². The summed E-state index contributed by atoms with van der Waals surface area (Å²) in [4.78, 5) is 11.7. The molecule has 0 saturated heterocycles. The number of amides is 1. The van der Waals surface area contributed by atoms with Crippen molar-refractivity contribution in [3.63, 3.8) is 0 Å². The fourth-order valence-corrected chi connectivity index (χ4v) is 2.47. The summed E-state index contributed by atoms with van der Waals surface area (Å²) in [6.45, 7) is 2.16. The van der Waals surface area contributed by atoms with Crippen LogP contribution < -0.4 is 5.32 Å². The number of hydrogen-bond donors (Lipinski definition) is 3.